The van der Waals surface area contributed by atoms with Gasteiger partial charge in [0.15, 0.2) is 23.0 Å². The van der Waals surface area contributed by atoms with Gasteiger partial charge in [0.2, 0.25) is 0 Å². The molecule has 1 heterocycles. The Morgan fingerprint density at radius 1 is 1.43 bits per heavy atom. The number of benzene rings is 1. The zero-order valence-electron chi connectivity index (χ0n) is 7.65. The maximum Gasteiger partial charge on any atom is 0.179 e. The molecule has 73 valence electrons. The Hall–Kier alpha value is -1.58. The summed E-state index contributed by atoms with van der Waals surface area (Å²) >= 11 is 0. The second kappa shape index (κ2) is 2.97. The van der Waals surface area contributed by atoms with Gasteiger partial charge >= 0.3 is 0 Å². The fraction of sp³-hybridized carbons (Fsp3) is 0.200. The summed E-state index contributed by atoms with van der Waals surface area (Å²) in [7, 11) is 1.35. The summed E-state index contributed by atoms with van der Waals surface area (Å²) in [4.78, 5) is 0. The number of ether oxygens (including phenoxy) is 1. The van der Waals surface area contributed by atoms with Gasteiger partial charge < -0.3 is 9.15 Å². The lowest BCUT2D eigenvalue weighted by Crippen LogP contribution is -1.90. The molecule has 0 N–H and O–H groups in total. The fourth-order valence-corrected chi connectivity index (χ4v) is 1.32. The van der Waals surface area contributed by atoms with E-state index in [0.29, 0.717) is 5.76 Å². The monoisotopic (exact) mass is 197 g/mol. The van der Waals surface area contributed by atoms with Crippen molar-refractivity contribution in [3.8, 4) is 5.75 Å². The quantitative estimate of drug-likeness (QED) is 0.701. The molecule has 0 saturated heterocycles. The second-order valence-electron chi connectivity index (χ2n) is 2.89. The number of aryl methyl sites for hydroxylation is 1. The van der Waals surface area contributed by atoms with Gasteiger partial charge in [-0.25, -0.2) is 8.78 Å². The molecular formula is C10H7F2O2. The Morgan fingerprint density at radius 3 is 2.79 bits per heavy atom. The smallest absolute Gasteiger partial charge is 0.179 e. The highest BCUT2D eigenvalue weighted by molar-refractivity contribution is 5.84. The summed E-state index contributed by atoms with van der Waals surface area (Å²) in [6.07, 6.45) is 0. The third-order valence-electron chi connectivity index (χ3n) is 1.92. The lowest BCUT2D eigenvalue weighted by molar-refractivity contribution is 0.400. The highest BCUT2D eigenvalue weighted by Gasteiger charge is 2.16. The molecule has 0 aliphatic heterocycles. The van der Waals surface area contributed by atoms with Gasteiger partial charge in [-0.05, 0) is 13.0 Å². The van der Waals surface area contributed by atoms with Crippen LogP contribution in [0.5, 0.6) is 5.75 Å². The number of hydrogen-bond acceptors (Lipinski definition) is 2. The van der Waals surface area contributed by atoms with E-state index < -0.39 is 11.6 Å². The highest BCUT2D eigenvalue weighted by atomic mass is 19.2. The van der Waals surface area contributed by atoms with E-state index in [9.17, 15) is 8.78 Å². The Bertz CT molecular complexity index is 488. The largest absolute Gasteiger partial charge is 0.492 e. The van der Waals surface area contributed by atoms with Crippen molar-refractivity contribution in [3.63, 3.8) is 0 Å². The van der Waals surface area contributed by atoms with Crippen molar-refractivity contribution in [2.75, 3.05) is 7.11 Å². The summed E-state index contributed by atoms with van der Waals surface area (Å²) < 4.78 is 36.1. The van der Waals surface area contributed by atoms with Gasteiger partial charge in [0.1, 0.15) is 5.76 Å². The molecule has 0 spiro atoms. The number of halogens is 2. The first-order chi connectivity index (χ1) is 6.63. The summed E-state index contributed by atoms with van der Waals surface area (Å²) in [6.45, 7) is 1.65. The number of rotatable bonds is 1. The van der Waals surface area contributed by atoms with E-state index >= 15 is 0 Å². The molecule has 0 saturated carbocycles. The SMILES string of the molecule is COc1[c]c(F)c(F)c2cc(C)oc12. The minimum absolute atomic E-state index is 0.0759. The minimum Gasteiger partial charge on any atom is -0.492 e. The van der Waals surface area contributed by atoms with Gasteiger partial charge in [-0.1, -0.05) is 0 Å². The van der Waals surface area contributed by atoms with Crippen molar-refractivity contribution in [2.24, 2.45) is 0 Å². The molecule has 0 aliphatic carbocycles. The molecular weight excluding hydrogens is 190 g/mol. The van der Waals surface area contributed by atoms with Crippen LogP contribution in [-0.4, -0.2) is 7.11 Å². The molecule has 0 atom stereocenters. The van der Waals surface area contributed by atoms with E-state index in [1.165, 1.54) is 13.2 Å². The summed E-state index contributed by atoms with van der Waals surface area (Å²) in [5.74, 6) is -1.45. The third-order valence-corrected chi connectivity index (χ3v) is 1.92. The normalized spacial score (nSPS) is 10.9. The zero-order valence-corrected chi connectivity index (χ0v) is 7.65. The predicted molar refractivity (Wildman–Crippen MR) is 46.3 cm³/mol. The molecule has 14 heavy (non-hydrogen) atoms. The number of furan rings is 1. The van der Waals surface area contributed by atoms with Crippen molar-refractivity contribution in [2.45, 2.75) is 6.92 Å². The molecule has 4 heteroatoms. The maximum absolute atomic E-state index is 13.2. The van der Waals surface area contributed by atoms with Crippen LogP contribution in [-0.2, 0) is 0 Å². The fourth-order valence-electron chi connectivity index (χ4n) is 1.32. The second-order valence-corrected chi connectivity index (χ2v) is 2.89. The van der Waals surface area contributed by atoms with Crippen LogP contribution in [0.4, 0.5) is 8.78 Å². The van der Waals surface area contributed by atoms with Crippen molar-refractivity contribution in [1.29, 1.82) is 0 Å². The van der Waals surface area contributed by atoms with Gasteiger partial charge in [0.25, 0.3) is 0 Å². The van der Waals surface area contributed by atoms with Crippen LogP contribution in [0.25, 0.3) is 11.0 Å². The molecule has 2 rings (SSSR count). The average molecular weight is 197 g/mol. The van der Waals surface area contributed by atoms with Gasteiger partial charge in [-0.2, -0.15) is 0 Å². The first-order valence-electron chi connectivity index (χ1n) is 3.98. The molecule has 0 amide bonds. The molecule has 0 fully saturated rings. The molecule has 1 radical (unpaired) electrons. The lowest BCUT2D eigenvalue weighted by Gasteiger charge is -2.00. The van der Waals surface area contributed by atoms with Crippen LogP contribution in [0, 0.1) is 24.6 Å². The van der Waals surface area contributed by atoms with Gasteiger partial charge in [-0.15, -0.1) is 0 Å². The van der Waals surface area contributed by atoms with Crippen molar-refractivity contribution in [3.05, 3.63) is 29.5 Å². The Morgan fingerprint density at radius 2 is 2.14 bits per heavy atom. The first kappa shape index (κ1) is 8.99. The molecule has 1 aromatic carbocycles. The highest BCUT2D eigenvalue weighted by Crippen LogP contribution is 2.31. The van der Waals surface area contributed by atoms with Crippen LogP contribution < -0.4 is 4.74 Å². The average Bonchev–Trinajstić information content (AvgIpc) is 2.54. The molecule has 0 bridgehead atoms. The molecule has 0 aliphatic rings. The third kappa shape index (κ3) is 1.14. The van der Waals surface area contributed by atoms with Crippen LogP contribution in [0.2, 0.25) is 0 Å². The molecule has 2 nitrogen and oxygen atoms in total. The first-order valence-corrected chi connectivity index (χ1v) is 3.98. The Kier molecular flexibility index (Phi) is 1.91. The van der Waals surface area contributed by atoms with Gasteiger partial charge in [0, 0.05) is 0 Å². The molecule has 0 unspecified atom stereocenters. The number of methoxy groups -OCH3 is 1. The predicted octanol–water partition coefficient (Wildman–Crippen LogP) is 2.83. The van der Waals surface area contributed by atoms with Crippen molar-refractivity contribution in [1.82, 2.24) is 0 Å². The summed E-state index contributed by atoms with van der Waals surface area (Å²) in [5, 5.41) is 0.0793. The van der Waals surface area contributed by atoms with Crippen molar-refractivity contribution >= 4 is 11.0 Å². The standard InChI is InChI=1S/C10H7F2O2/c1-5-3-6-9(12)7(11)4-8(13-2)10(6)14-5/h3H,1-2H3. The zero-order chi connectivity index (χ0) is 10.3. The van der Waals surface area contributed by atoms with Crippen molar-refractivity contribution < 1.29 is 17.9 Å². The van der Waals surface area contributed by atoms with Crippen LogP contribution in [0.3, 0.4) is 0 Å². The van der Waals surface area contributed by atoms with Crippen LogP contribution >= 0.6 is 0 Å². The van der Waals surface area contributed by atoms with E-state index in [1.54, 1.807) is 6.92 Å². The van der Waals surface area contributed by atoms with E-state index in [2.05, 4.69) is 6.07 Å². The van der Waals surface area contributed by atoms with E-state index in [0.717, 1.165) is 0 Å². The van der Waals surface area contributed by atoms with E-state index in [4.69, 9.17) is 9.15 Å². The van der Waals surface area contributed by atoms with Crippen LogP contribution in [0.1, 0.15) is 5.76 Å². The van der Waals surface area contributed by atoms with E-state index in [1.807, 2.05) is 0 Å². The summed E-state index contributed by atoms with van der Waals surface area (Å²) in [6, 6.07) is 3.54. The molecule has 2 aromatic rings. The maximum atomic E-state index is 13.2. The Balaban J connectivity index is 2.88. The van der Waals surface area contributed by atoms with E-state index in [-0.39, 0.29) is 16.7 Å². The van der Waals surface area contributed by atoms with Gasteiger partial charge in [-0.3, -0.25) is 0 Å². The number of fused-ring (bicyclic) bond motifs is 1. The number of hydrogen-bond donors (Lipinski definition) is 0. The Labute approximate surface area is 79.1 Å². The lowest BCUT2D eigenvalue weighted by atomic mass is 10.2. The summed E-state index contributed by atoms with van der Waals surface area (Å²) in [5.41, 5.74) is 0.184. The van der Waals surface area contributed by atoms with Gasteiger partial charge in [0.05, 0.1) is 18.6 Å². The van der Waals surface area contributed by atoms with Crippen LogP contribution in [0.15, 0.2) is 10.5 Å². The molecule has 1 aromatic heterocycles. The topological polar surface area (TPSA) is 22.4 Å². The minimum atomic E-state index is -1.06.